The lowest BCUT2D eigenvalue weighted by molar-refractivity contribution is 0.302. The lowest BCUT2D eigenvalue weighted by Crippen LogP contribution is -2.06. The quantitative estimate of drug-likeness (QED) is 0.917. The number of hydrogen-bond donors (Lipinski definition) is 1. The summed E-state index contributed by atoms with van der Waals surface area (Å²) in [5.74, 6) is 0.112. The van der Waals surface area contributed by atoms with Gasteiger partial charge in [-0.1, -0.05) is 23.2 Å². The predicted molar refractivity (Wildman–Crippen MR) is 77.7 cm³/mol. The second-order valence-corrected chi connectivity index (χ2v) is 5.06. The monoisotopic (exact) mass is 314 g/mol. The van der Waals surface area contributed by atoms with E-state index in [1.54, 1.807) is 12.1 Å². The van der Waals surface area contributed by atoms with E-state index in [0.29, 0.717) is 34.3 Å². The highest BCUT2D eigenvalue weighted by Crippen LogP contribution is 2.33. The van der Waals surface area contributed by atoms with Crippen molar-refractivity contribution in [2.75, 3.05) is 6.54 Å². The molecule has 1 heterocycles. The summed E-state index contributed by atoms with van der Waals surface area (Å²) in [4.78, 5) is 3.76. The fourth-order valence-electron chi connectivity index (χ4n) is 1.81. The Morgan fingerprint density at radius 1 is 1.20 bits per heavy atom. The van der Waals surface area contributed by atoms with Crippen molar-refractivity contribution in [2.45, 2.75) is 13.0 Å². The summed E-state index contributed by atoms with van der Waals surface area (Å²) in [6.45, 7) is 0.623. The summed E-state index contributed by atoms with van der Waals surface area (Å²) in [5, 5.41) is 0.934. The second-order valence-electron chi connectivity index (χ2n) is 4.21. The molecule has 0 saturated heterocycles. The van der Waals surface area contributed by atoms with Crippen molar-refractivity contribution in [3.63, 3.8) is 0 Å². The number of pyridine rings is 1. The molecule has 0 radical (unpaired) electrons. The van der Waals surface area contributed by atoms with Gasteiger partial charge in [-0.15, -0.1) is 0 Å². The van der Waals surface area contributed by atoms with E-state index < -0.39 is 5.82 Å². The topological polar surface area (TPSA) is 48.1 Å². The van der Waals surface area contributed by atoms with Gasteiger partial charge in [0, 0.05) is 16.8 Å². The number of benzene rings is 1. The number of ether oxygens (including phenoxy) is 1. The van der Waals surface area contributed by atoms with Crippen LogP contribution in [0.3, 0.4) is 0 Å². The highest BCUT2D eigenvalue weighted by atomic mass is 35.5. The lowest BCUT2D eigenvalue weighted by atomic mass is 10.1. The Balaban J connectivity index is 2.20. The van der Waals surface area contributed by atoms with Gasteiger partial charge in [-0.2, -0.15) is 0 Å². The first-order valence-electron chi connectivity index (χ1n) is 6.00. The molecule has 1 aromatic carbocycles. The zero-order valence-corrected chi connectivity index (χ0v) is 12.1. The van der Waals surface area contributed by atoms with E-state index in [0.717, 1.165) is 11.8 Å². The van der Waals surface area contributed by atoms with E-state index in [1.807, 2.05) is 0 Å². The number of hydrogen-bond acceptors (Lipinski definition) is 3. The summed E-state index contributed by atoms with van der Waals surface area (Å²) in [6.07, 6.45) is 3.27. The first-order chi connectivity index (χ1) is 9.60. The zero-order chi connectivity index (χ0) is 14.5. The Morgan fingerprint density at radius 3 is 2.70 bits per heavy atom. The number of nitrogens with two attached hydrogens (primary N) is 1. The van der Waals surface area contributed by atoms with Crippen LogP contribution in [0.4, 0.5) is 4.39 Å². The van der Waals surface area contributed by atoms with Gasteiger partial charge in [0.1, 0.15) is 18.2 Å². The third kappa shape index (κ3) is 3.82. The van der Waals surface area contributed by atoms with Crippen molar-refractivity contribution < 1.29 is 9.13 Å². The minimum absolute atomic E-state index is 0.170. The van der Waals surface area contributed by atoms with Gasteiger partial charge in [0.2, 0.25) is 0 Å². The van der Waals surface area contributed by atoms with Gasteiger partial charge in [0.25, 0.3) is 0 Å². The van der Waals surface area contributed by atoms with E-state index in [9.17, 15) is 4.39 Å². The first-order valence-corrected chi connectivity index (χ1v) is 6.76. The van der Waals surface area contributed by atoms with Gasteiger partial charge in [-0.3, -0.25) is 4.98 Å². The average Bonchev–Trinajstić information content (AvgIpc) is 2.38. The SMILES string of the molecule is NCCc1cc(Cl)cc(Cl)c1OCc1cncc(F)c1. The summed E-state index contributed by atoms with van der Waals surface area (Å²) in [5.41, 5.74) is 7.00. The molecule has 0 aliphatic carbocycles. The second kappa shape index (κ2) is 6.88. The largest absolute Gasteiger partial charge is 0.487 e. The van der Waals surface area contributed by atoms with E-state index >= 15 is 0 Å². The molecule has 0 atom stereocenters. The van der Waals surface area contributed by atoms with Crippen LogP contribution in [0.1, 0.15) is 11.1 Å². The fourth-order valence-corrected chi connectivity index (χ4v) is 2.40. The van der Waals surface area contributed by atoms with Crippen molar-refractivity contribution >= 4 is 23.2 Å². The third-order valence-corrected chi connectivity index (χ3v) is 3.14. The van der Waals surface area contributed by atoms with Crippen LogP contribution >= 0.6 is 23.2 Å². The molecule has 0 spiro atoms. The van der Waals surface area contributed by atoms with E-state index in [2.05, 4.69) is 4.98 Å². The van der Waals surface area contributed by atoms with Gasteiger partial charge in [0.15, 0.2) is 0 Å². The van der Waals surface area contributed by atoms with Crippen molar-refractivity contribution in [1.82, 2.24) is 4.98 Å². The molecule has 20 heavy (non-hydrogen) atoms. The van der Waals surface area contributed by atoms with Crippen LogP contribution in [0.15, 0.2) is 30.6 Å². The van der Waals surface area contributed by atoms with Crippen molar-refractivity contribution in [2.24, 2.45) is 5.73 Å². The zero-order valence-electron chi connectivity index (χ0n) is 10.6. The van der Waals surface area contributed by atoms with Gasteiger partial charge in [-0.25, -0.2) is 4.39 Å². The van der Waals surface area contributed by atoms with Crippen LogP contribution < -0.4 is 10.5 Å². The van der Waals surface area contributed by atoms with Gasteiger partial charge < -0.3 is 10.5 Å². The lowest BCUT2D eigenvalue weighted by Gasteiger charge is -2.13. The Labute approximate surface area is 126 Å². The minimum atomic E-state index is -0.407. The van der Waals surface area contributed by atoms with Crippen LogP contribution in [-0.2, 0) is 13.0 Å². The average molecular weight is 315 g/mol. The smallest absolute Gasteiger partial charge is 0.141 e. The molecule has 2 N–H and O–H groups in total. The molecule has 106 valence electrons. The highest BCUT2D eigenvalue weighted by molar-refractivity contribution is 6.35. The maximum absolute atomic E-state index is 13.0. The Morgan fingerprint density at radius 2 is 2.00 bits per heavy atom. The molecule has 0 aliphatic rings. The fraction of sp³-hybridized carbons (Fsp3) is 0.214. The van der Waals surface area contributed by atoms with E-state index in [-0.39, 0.29) is 6.61 Å². The summed E-state index contributed by atoms with van der Waals surface area (Å²) >= 11 is 12.1. The highest BCUT2D eigenvalue weighted by Gasteiger charge is 2.11. The molecule has 1 aromatic heterocycles. The van der Waals surface area contributed by atoms with Gasteiger partial charge >= 0.3 is 0 Å². The molecular formula is C14H13Cl2FN2O. The molecule has 3 nitrogen and oxygen atoms in total. The van der Waals surface area contributed by atoms with Crippen LogP contribution in [0.2, 0.25) is 10.0 Å². The molecule has 0 unspecified atom stereocenters. The van der Waals surface area contributed by atoms with Crippen molar-refractivity contribution in [3.05, 3.63) is 57.6 Å². The van der Waals surface area contributed by atoms with Crippen molar-refractivity contribution in [3.8, 4) is 5.75 Å². The molecule has 2 aromatic rings. The summed E-state index contributed by atoms with van der Waals surface area (Å²) in [6, 6.07) is 4.72. The van der Waals surface area contributed by atoms with Gasteiger partial charge in [-0.05, 0) is 36.7 Å². The molecule has 0 aliphatic heterocycles. The Bertz CT molecular complexity index is 608. The maximum atomic E-state index is 13.0. The number of nitrogens with zero attached hydrogens (tertiary/aromatic N) is 1. The first kappa shape index (κ1) is 15.0. The van der Waals surface area contributed by atoms with Crippen LogP contribution in [0.5, 0.6) is 5.75 Å². The Hall–Kier alpha value is -1.36. The van der Waals surface area contributed by atoms with Crippen molar-refractivity contribution in [1.29, 1.82) is 0 Å². The number of halogens is 3. The normalized spacial score (nSPS) is 10.6. The van der Waals surface area contributed by atoms with Crippen LogP contribution in [-0.4, -0.2) is 11.5 Å². The molecule has 6 heteroatoms. The predicted octanol–water partition coefficient (Wildman–Crippen LogP) is 3.61. The molecular weight excluding hydrogens is 302 g/mol. The van der Waals surface area contributed by atoms with Crippen LogP contribution in [0, 0.1) is 5.82 Å². The minimum Gasteiger partial charge on any atom is -0.487 e. The molecule has 0 saturated carbocycles. The summed E-state index contributed by atoms with van der Waals surface area (Å²) in [7, 11) is 0. The Kier molecular flexibility index (Phi) is 5.17. The van der Waals surface area contributed by atoms with Gasteiger partial charge in [0.05, 0.1) is 11.2 Å². The summed E-state index contributed by atoms with van der Waals surface area (Å²) < 4.78 is 18.7. The molecule has 0 bridgehead atoms. The van der Waals surface area contributed by atoms with E-state index in [4.69, 9.17) is 33.7 Å². The van der Waals surface area contributed by atoms with Crippen LogP contribution in [0.25, 0.3) is 0 Å². The molecule has 0 amide bonds. The third-order valence-electron chi connectivity index (χ3n) is 2.64. The number of rotatable bonds is 5. The maximum Gasteiger partial charge on any atom is 0.141 e. The molecule has 2 rings (SSSR count). The molecule has 0 fully saturated rings. The standard InChI is InChI=1S/C14H13Cl2FN2O/c15-11-4-10(1-2-18)14(13(16)5-11)20-8-9-3-12(17)7-19-6-9/h3-7H,1-2,8,18H2. The number of aromatic nitrogens is 1. The van der Waals surface area contributed by atoms with E-state index in [1.165, 1.54) is 12.3 Å².